The fraction of sp³-hybridized carbons (Fsp3) is 0.500. The molecule has 2 N–H and O–H groups in total. The standard InChI is InChI=1S/C14H17N3O4/c18-12(10-9-21-13(19)16-10)17-7-4-14(20,5-8-17)11-3-1-2-6-15-11/h1-3,6,10,20H,4-5,7-9H2,(H,16,19)/t10-/m0/s1. The highest BCUT2D eigenvalue weighted by atomic mass is 16.6. The molecular weight excluding hydrogens is 274 g/mol. The lowest BCUT2D eigenvalue weighted by atomic mass is 9.87. The summed E-state index contributed by atoms with van der Waals surface area (Å²) in [4.78, 5) is 29.1. The zero-order valence-corrected chi connectivity index (χ0v) is 11.5. The lowest BCUT2D eigenvalue weighted by molar-refractivity contribution is -0.137. The summed E-state index contributed by atoms with van der Waals surface area (Å²) < 4.78 is 4.73. The van der Waals surface area contributed by atoms with Gasteiger partial charge in [-0.2, -0.15) is 0 Å². The molecule has 0 aromatic carbocycles. The van der Waals surface area contributed by atoms with Crippen LogP contribution in [0.2, 0.25) is 0 Å². The van der Waals surface area contributed by atoms with E-state index < -0.39 is 17.7 Å². The first-order valence-electron chi connectivity index (χ1n) is 6.94. The van der Waals surface area contributed by atoms with Crippen molar-refractivity contribution in [1.29, 1.82) is 0 Å². The number of likely N-dealkylation sites (tertiary alicyclic amines) is 1. The predicted octanol–water partition coefficient (Wildman–Crippen LogP) is -0.000000000000000666. The summed E-state index contributed by atoms with van der Waals surface area (Å²) >= 11 is 0. The molecule has 21 heavy (non-hydrogen) atoms. The van der Waals surface area contributed by atoms with E-state index in [1.54, 1.807) is 23.2 Å². The number of ether oxygens (including phenoxy) is 1. The molecule has 0 aliphatic carbocycles. The molecule has 1 aromatic rings. The molecule has 0 unspecified atom stereocenters. The van der Waals surface area contributed by atoms with Crippen LogP contribution < -0.4 is 5.32 Å². The minimum Gasteiger partial charge on any atom is -0.447 e. The zero-order valence-electron chi connectivity index (χ0n) is 11.5. The number of nitrogens with zero attached hydrogens (tertiary/aromatic N) is 2. The number of cyclic esters (lactones) is 1. The van der Waals surface area contributed by atoms with Crippen molar-refractivity contribution in [3.8, 4) is 0 Å². The number of hydrogen-bond acceptors (Lipinski definition) is 5. The third-order valence-electron chi connectivity index (χ3n) is 4.02. The van der Waals surface area contributed by atoms with Gasteiger partial charge in [0.2, 0.25) is 5.91 Å². The van der Waals surface area contributed by atoms with E-state index in [4.69, 9.17) is 4.74 Å². The third kappa shape index (κ3) is 2.69. The Morgan fingerprint density at radius 2 is 2.19 bits per heavy atom. The number of alkyl carbamates (subject to hydrolysis) is 1. The number of aliphatic hydroxyl groups is 1. The van der Waals surface area contributed by atoms with Crippen LogP contribution in [0.25, 0.3) is 0 Å². The molecule has 0 radical (unpaired) electrons. The smallest absolute Gasteiger partial charge is 0.407 e. The molecule has 112 valence electrons. The number of piperidine rings is 1. The Hall–Kier alpha value is -2.15. The van der Waals surface area contributed by atoms with Crippen LogP contribution in [0, 0.1) is 0 Å². The fourth-order valence-electron chi connectivity index (χ4n) is 2.73. The maximum atomic E-state index is 12.2. The molecule has 2 fully saturated rings. The average molecular weight is 291 g/mol. The van der Waals surface area contributed by atoms with Crippen LogP contribution in [0.15, 0.2) is 24.4 Å². The van der Waals surface area contributed by atoms with E-state index in [2.05, 4.69) is 10.3 Å². The number of carbonyl (C=O) groups is 2. The fourth-order valence-corrected chi connectivity index (χ4v) is 2.73. The molecular formula is C14H17N3O4. The van der Waals surface area contributed by atoms with Crippen molar-refractivity contribution in [2.75, 3.05) is 19.7 Å². The van der Waals surface area contributed by atoms with E-state index in [9.17, 15) is 14.7 Å². The van der Waals surface area contributed by atoms with Crippen LogP contribution in [0.3, 0.4) is 0 Å². The molecule has 1 aromatic heterocycles. The number of amides is 2. The second-order valence-corrected chi connectivity index (χ2v) is 5.37. The topological polar surface area (TPSA) is 91.8 Å². The van der Waals surface area contributed by atoms with Gasteiger partial charge in [-0.1, -0.05) is 6.07 Å². The molecule has 3 rings (SSSR count). The highest BCUT2D eigenvalue weighted by molar-refractivity contribution is 5.87. The van der Waals surface area contributed by atoms with E-state index in [1.807, 2.05) is 6.07 Å². The number of aromatic nitrogens is 1. The Labute approximate surface area is 121 Å². The minimum absolute atomic E-state index is 0.0681. The first-order chi connectivity index (χ1) is 10.1. The molecule has 0 bridgehead atoms. The molecule has 0 saturated carbocycles. The summed E-state index contributed by atoms with van der Waals surface area (Å²) in [6.07, 6.45) is 1.94. The van der Waals surface area contributed by atoms with Gasteiger partial charge in [0.05, 0.1) is 5.69 Å². The van der Waals surface area contributed by atoms with Gasteiger partial charge in [-0.25, -0.2) is 4.79 Å². The van der Waals surface area contributed by atoms with Crippen LogP contribution in [-0.2, 0) is 15.1 Å². The molecule has 7 nitrogen and oxygen atoms in total. The maximum Gasteiger partial charge on any atom is 0.407 e. The van der Waals surface area contributed by atoms with Crippen LogP contribution in [0.4, 0.5) is 4.79 Å². The van der Waals surface area contributed by atoms with Crippen molar-refractivity contribution in [1.82, 2.24) is 15.2 Å². The van der Waals surface area contributed by atoms with Gasteiger partial charge in [-0.05, 0) is 25.0 Å². The van der Waals surface area contributed by atoms with E-state index in [0.717, 1.165) is 0 Å². The van der Waals surface area contributed by atoms with E-state index in [-0.39, 0.29) is 12.5 Å². The summed E-state index contributed by atoms with van der Waals surface area (Å²) in [5.41, 5.74) is -0.359. The normalized spacial score (nSPS) is 24.3. The molecule has 2 aliphatic rings. The number of hydrogen-bond donors (Lipinski definition) is 2. The largest absolute Gasteiger partial charge is 0.447 e. The zero-order chi connectivity index (χ0) is 14.9. The van der Waals surface area contributed by atoms with E-state index in [1.165, 1.54) is 0 Å². The van der Waals surface area contributed by atoms with Crippen molar-refractivity contribution in [3.05, 3.63) is 30.1 Å². The quantitative estimate of drug-likeness (QED) is 0.800. The molecule has 2 amide bonds. The molecule has 3 heterocycles. The van der Waals surface area contributed by atoms with Crippen LogP contribution in [0.1, 0.15) is 18.5 Å². The first kappa shape index (κ1) is 13.8. The first-order valence-corrected chi connectivity index (χ1v) is 6.94. The maximum absolute atomic E-state index is 12.2. The van der Waals surface area contributed by atoms with Gasteiger partial charge >= 0.3 is 6.09 Å². The summed E-state index contributed by atoms with van der Waals surface area (Å²) in [7, 11) is 0. The lowest BCUT2D eigenvalue weighted by Gasteiger charge is -2.38. The lowest BCUT2D eigenvalue weighted by Crippen LogP contribution is -2.51. The summed E-state index contributed by atoms with van der Waals surface area (Å²) in [6, 6.07) is 4.82. The Bertz CT molecular complexity index is 540. The highest BCUT2D eigenvalue weighted by Gasteiger charge is 2.39. The molecule has 2 aliphatic heterocycles. The molecule has 1 atom stereocenters. The van der Waals surface area contributed by atoms with E-state index >= 15 is 0 Å². The molecule has 0 spiro atoms. The number of nitrogens with one attached hydrogen (secondary N) is 1. The summed E-state index contributed by atoms with van der Waals surface area (Å²) in [5.74, 6) is -0.163. The monoisotopic (exact) mass is 291 g/mol. The second kappa shape index (κ2) is 5.33. The summed E-state index contributed by atoms with van der Waals surface area (Å²) in [5, 5.41) is 13.1. The van der Waals surface area contributed by atoms with Gasteiger partial charge in [-0.3, -0.25) is 9.78 Å². The second-order valence-electron chi connectivity index (χ2n) is 5.37. The van der Waals surface area contributed by atoms with Gasteiger partial charge in [0.1, 0.15) is 18.2 Å². The van der Waals surface area contributed by atoms with Gasteiger partial charge in [0.15, 0.2) is 0 Å². The Balaban J connectivity index is 1.62. The Morgan fingerprint density at radius 1 is 1.43 bits per heavy atom. The molecule has 7 heteroatoms. The van der Waals surface area contributed by atoms with Crippen molar-refractivity contribution >= 4 is 12.0 Å². The Morgan fingerprint density at radius 3 is 2.76 bits per heavy atom. The minimum atomic E-state index is -0.993. The van der Waals surface area contributed by atoms with Crippen molar-refractivity contribution in [2.24, 2.45) is 0 Å². The van der Waals surface area contributed by atoms with Crippen molar-refractivity contribution < 1.29 is 19.4 Å². The number of rotatable bonds is 2. The number of carbonyl (C=O) groups excluding carboxylic acids is 2. The highest BCUT2D eigenvalue weighted by Crippen LogP contribution is 2.31. The van der Waals surface area contributed by atoms with Crippen LogP contribution >= 0.6 is 0 Å². The van der Waals surface area contributed by atoms with E-state index in [0.29, 0.717) is 31.6 Å². The van der Waals surface area contributed by atoms with Gasteiger partial charge in [0, 0.05) is 19.3 Å². The third-order valence-corrected chi connectivity index (χ3v) is 4.02. The van der Waals surface area contributed by atoms with Gasteiger partial charge < -0.3 is 20.1 Å². The van der Waals surface area contributed by atoms with Gasteiger partial charge in [0.25, 0.3) is 0 Å². The molecule has 2 saturated heterocycles. The van der Waals surface area contributed by atoms with Crippen LogP contribution in [-0.4, -0.2) is 52.7 Å². The predicted molar refractivity (Wildman–Crippen MR) is 72.2 cm³/mol. The van der Waals surface area contributed by atoms with Crippen molar-refractivity contribution in [2.45, 2.75) is 24.5 Å². The SMILES string of the molecule is O=C1N[C@H](C(=O)N2CCC(O)(c3ccccn3)CC2)CO1. The Kier molecular flexibility index (Phi) is 3.50. The average Bonchev–Trinajstić information content (AvgIpc) is 2.95. The van der Waals surface area contributed by atoms with Crippen LogP contribution in [0.5, 0.6) is 0 Å². The van der Waals surface area contributed by atoms with Gasteiger partial charge in [-0.15, -0.1) is 0 Å². The number of pyridine rings is 1. The summed E-state index contributed by atoms with van der Waals surface area (Å²) in [6.45, 7) is 0.926. The van der Waals surface area contributed by atoms with Crippen molar-refractivity contribution in [3.63, 3.8) is 0 Å².